The van der Waals surface area contributed by atoms with Crippen LogP contribution in [0, 0.1) is 5.82 Å². The predicted octanol–water partition coefficient (Wildman–Crippen LogP) is 2.69. The highest BCUT2D eigenvalue weighted by molar-refractivity contribution is 5.95. The van der Waals surface area contributed by atoms with Gasteiger partial charge in [0.25, 0.3) is 5.91 Å². The first-order valence-electron chi connectivity index (χ1n) is 7.71. The third kappa shape index (κ3) is 2.90. The standard InChI is InChI=1S/C18H15FN4O/c19-14-3-1-2-12(8-14)15-10-16(15)22-18(24)13-4-5-21-17(9-13)23-7-6-20-11-23/h1-9,11,15-16H,10H2,(H,22,24)/t15-,16+/m1/s1. The van der Waals surface area contributed by atoms with Crippen LogP contribution >= 0.6 is 0 Å². The molecule has 6 heteroatoms. The number of rotatable bonds is 4. The molecule has 3 aromatic rings. The van der Waals surface area contributed by atoms with Crippen molar-refractivity contribution >= 4 is 5.91 Å². The molecule has 4 rings (SSSR count). The van der Waals surface area contributed by atoms with Gasteiger partial charge in [-0.2, -0.15) is 0 Å². The SMILES string of the molecule is O=C(N[C@H]1C[C@@H]1c1cccc(F)c1)c1ccnc(-n2ccnc2)c1. The summed E-state index contributed by atoms with van der Waals surface area (Å²) in [5.74, 6) is 0.420. The van der Waals surface area contributed by atoms with E-state index in [9.17, 15) is 9.18 Å². The average Bonchev–Trinajstić information content (AvgIpc) is 3.14. The smallest absolute Gasteiger partial charge is 0.251 e. The van der Waals surface area contributed by atoms with Crippen molar-refractivity contribution in [2.24, 2.45) is 0 Å². The molecule has 0 bridgehead atoms. The third-order valence-corrected chi connectivity index (χ3v) is 4.16. The molecule has 1 aromatic carbocycles. The number of benzene rings is 1. The van der Waals surface area contributed by atoms with E-state index in [-0.39, 0.29) is 23.7 Å². The molecule has 2 atom stereocenters. The number of carbonyl (C=O) groups excluding carboxylic acids is 1. The number of amides is 1. The predicted molar refractivity (Wildman–Crippen MR) is 86.4 cm³/mol. The summed E-state index contributed by atoms with van der Waals surface area (Å²) in [5.41, 5.74) is 1.47. The van der Waals surface area contributed by atoms with Crippen LogP contribution in [0.4, 0.5) is 4.39 Å². The maximum absolute atomic E-state index is 13.3. The topological polar surface area (TPSA) is 59.8 Å². The van der Waals surface area contributed by atoms with Crippen molar-refractivity contribution in [3.8, 4) is 5.82 Å². The highest BCUT2D eigenvalue weighted by atomic mass is 19.1. The van der Waals surface area contributed by atoms with Gasteiger partial charge in [0.05, 0.1) is 0 Å². The number of carbonyl (C=O) groups is 1. The van der Waals surface area contributed by atoms with Gasteiger partial charge in [-0.1, -0.05) is 12.1 Å². The van der Waals surface area contributed by atoms with Gasteiger partial charge in [-0.25, -0.2) is 14.4 Å². The van der Waals surface area contributed by atoms with Crippen molar-refractivity contribution in [1.82, 2.24) is 19.9 Å². The molecule has 0 radical (unpaired) electrons. The molecule has 120 valence electrons. The van der Waals surface area contributed by atoms with Gasteiger partial charge in [0, 0.05) is 36.1 Å². The maximum atomic E-state index is 13.3. The van der Waals surface area contributed by atoms with Crippen LogP contribution in [-0.4, -0.2) is 26.5 Å². The Morgan fingerprint density at radius 1 is 1.25 bits per heavy atom. The van der Waals surface area contributed by atoms with Gasteiger partial charge < -0.3 is 5.32 Å². The Kier molecular flexibility index (Phi) is 3.57. The van der Waals surface area contributed by atoms with Gasteiger partial charge in [-0.15, -0.1) is 0 Å². The number of aromatic nitrogens is 3. The van der Waals surface area contributed by atoms with E-state index in [1.165, 1.54) is 12.1 Å². The minimum atomic E-state index is -0.247. The fourth-order valence-corrected chi connectivity index (χ4v) is 2.81. The van der Waals surface area contributed by atoms with Gasteiger partial charge in [0.1, 0.15) is 18.0 Å². The summed E-state index contributed by atoms with van der Waals surface area (Å²) in [6.45, 7) is 0. The molecule has 1 aliphatic rings. The molecule has 2 heterocycles. The molecule has 0 aliphatic heterocycles. The van der Waals surface area contributed by atoms with Crippen LogP contribution in [0.2, 0.25) is 0 Å². The largest absolute Gasteiger partial charge is 0.349 e. The van der Waals surface area contributed by atoms with Gasteiger partial charge in [0.2, 0.25) is 0 Å². The van der Waals surface area contributed by atoms with Gasteiger partial charge in [0.15, 0.2) is 0 Å². The van der Waals surface area contributed by atoms with E-state index in [2.05, 4.69) is 15.3 Å². The fraction of sp³-hybridized carbons (Fsp3) is 0.167. The number of hydrogen-bond acceptors (Lipinski definition) is 3. The van der Waals surface area contributed by atoms with E-state index >= 15 is 0 Å². The van der Waals surface area contributed by atoms with Crippen molar-refractivity contribution in [1.29, 1.82) is 0 Å². The average molecular weight is 322 g/mol. The summed E-state index contributed by atoms with van der Waals surface area (Å²) in [6, 6.07) is 9.98. The van der Waals surface area contributed by atoms with E-state index in [1.54, 1.807) is 47.7 Å². The van der Waals surface area contributed by atoms with Crippen LogP contribution in [-0.2, 0) is 0 Å². The Morgan fingerprint density at radius 2 is 2.17 bits per heavy atom. The van der Waals surface area contributed by atoms with Gasteiger partial charge >= 0.3 is 0 Å². The van der Waals surface area contributed by atoms with E-state index in [4.69, 9.17) is 0 Å². The van der Waals surface area contributed by atoms with E-state index in [0.29, 0.717) is 11.4 Å². The molecule has 0 spiro atoms. The summed E-state index contributed by atoms with van der Waals surface area (Å²) in [5, 5.41) is 3.00. The molecule has 1 fully saturated rings. The molecule has 1 aliphatic carbocycles. The normalized spacial score (nSPS) is 19.0. The number of imidazole rings is 1. The highest BCUT2D eigenvalue weighted by Crippen LogP contribution is 2.41. The van der Waals surface area contributed by atoms with Crippen molar-refractivity contribution in [3.63, 3.8) is 0 Å². The molecular formula is C18H15FN4O. The van der Waals surface area contributed by atoms with Crippen molar-refractivity contribution in [2.75, 3.05) is 0 Å². The Bertz CT molecular complexity index is 878. The Hall–Kier alpha value is -3.02. The molecule has 1 amide bonds. The monoisotopic (exact) mass is 322 g/mol. The molecule has 1 N–H and O–H groups in total. The molecular weight excluding hydrogens is 307 g/mol. The first kappa shape index (κ1) is 14.6. The lowest BCUT2D eigenvalue weighted by Crippen LogP contribution is -2.26. The molecule has 24 heavy (non-hydrogen) atoms. The van der Waals surface area contributed by atoms with Crippen LogP contribution in [0.25, 0.3) is 5.82 Å². The van der Waals surface area contributed by atoms with Crippen LogP contribution in [0.15, 0.2) is 61.3 Å². The number of pyridine rings is 1. The van der Waals surface area contributed by atoms with Crippen LogP contribution in [0.5, 0.6) is 0 Å². The first-order chi connectivity index (χ1) is 11.7. The molecule has 1 saturated carbocycles. The van der Waals surface area contributed by atoms with Crippen LogP contribution in [0.1, 0.15) is 28.3 Å². The second-order valence-corrected chi connectivity index (χ2v) is 5.85. The number of nitrogens with one attached hydrogen (secondary N) is 1. The zero-order chi connectivity index (χ0) is 16.5. The summed E-state index contributed by atoms with van der Waals surface area (Å²) < 4.78 is 15.0. The maximum Gasteiger partial charge on any atom is 0.251 e. The summed E-state index contributed by atoms with van der Waals surface area (Å²) >= 11 is 0. The zero-order valence-corrected chi connectivity index (χ0v) is 12.8. The van der Waals surface area contributed by atoms with Crippen LogP contribution in [0.3, 0.4) is 0 Å². The second kappa shape index (κ2) is 5.88. The minimum Gasteiger partial charge on any atom is -0.349 e. The first-order valence-corrected chi connectivity index (χ1v) is 7.71. The molecule has 0 unspecified atom stereocenters. The fourth-order valence-electron chi connectivity index (χ4n) is 2.81. The van der Waals surface area contributed by atoms with E-state index in [0.717, 1.165) is 12.0 Å². The van der Waals surface area contributed by atoms with Gasteiger partial charge in [-0.3, -0.25) is 9.36 Å². The molecule has 2 aromatic heterocycles. The molecule has 5 nitrogen and oxygen atoms in total. The van der Waals surface area contributed by atoms with Crippen molar-refractivity contribution < 1.29 is 9.18 Å². The number of hydrogen-bond donors (Lipinski definition) is 1. The Morgan fingerprint density at radius 3 is 2.96 bits per heavy atom. The van der Waals surface area contributed by atoms with E-state index < -0.39 is 0 Å². The zero-order valence-electron chi connectivity index (χ0n) is 12.8. The second-order valence-electron chi connectivity index (χ2n) is 5.85. The summed E-state index contributed by atoms with van der Waals surface area (Å²) in [6.07, 6.45) is 7.48. The minimum absolute atomic E-state index is 0.0455. The van der Waals surface area contributed by atoms with Crippen molar-refractivity contribution in [3.05, 3.63) is 78.3 Å². The quantitative estimate of drug-likeness (QED) is 0.803. The Balaban J connectivity index is 1.45. The van der Waals surface area contributed by atoms with Gasteiger partial charge in [-0.05, 0) is 36.2 Å². The van der Waals surface area contributed by atoms with Crippen molar-refractivity contribution in [2.45, 2.75) is 18.4 Å². The molecule has 0 saturated heterocycles. The lowest BCUT2D eigenvalue weighted by atomic mass is 10.1. The van der Waals surface area contributed by atoms with Crippen LogP contribution < -0.4 is 5.32 Å². The lowest BCUT2D eigenvalue weighted by Gasteiger charge is -2.07. The van der Waals surface area contributed by atoms with E-state index in [1.807, 2.05) is 6.07 Å². The Labute approximate surface area is 138 Å². The summed E-state index contributed by atoms with van der Waals surface area (Å²) in [7, 11) is 0. The number of halogens is 1. The summed E-state index contributed by atoms with van der Waals surface area (Å²) in [4.78, 5) is 20.6. The highest BCUT2D eigenvalue weighted by Gasteiger charge is 2.39. The number of nitrogens with zero attached hydrogens (tertiary/aromatic N) is 3. The third-order valence-electron chi connectivity index (χ3n) is 4.16. The lowest BCUT2D eigenvalue weighted by molar-refractivity contribution is 0.0950.